The van der Waals surface area contributed by atoms with Gasteiger partial charge in [0.05, 0.1) is 23.9 Å². The molecule has 2 heterocycles. The van der Waals surface area contributed by atoms with Gasteiger partial charge < -0.3 is 9.64 Å². The average Bonchev–Trinajstić information content (AvgIpc) is 2.80. The van der Waals surface area contributed by atoms with Crippen LogP contribution >= 0.6 is 11.6 Å². The molecule has 1 amide bonds. The molecule has 0 N–H and O–H groups in total. The molecule has 7 heteroatoms. The fourth-order valence-electron chi connectivity index (χ4n) is 4.24. The van der Waals surface area contributed by atoms with Crippen molar-refractivity contribution < 1.29 is 14.3 Å². The lowest BCUT2D eigenvalue weighted by Gasteiger charge is -2.38. The number of ether oxygens (including phenoxy) is 1. The molecule has 166 valence electrons. The third kappa shape index (κ3) is 4.33. The lowest BCUT2D eigenvalue weighted by molar-refractivity contribution is -0.148. The van der Waals surface area contributed by atoms with Crippen LogP contribution in [0.1, 0.15) is 33.2 Å². The second-order valence-electron chi connectivity index (χ2n) is 8.09. The number of carbonyl (C=O) groups excluding carboxylic acids is 2. The number of carbonyl (C=O) groups is 2. The number of amides is 1. The zero-order valence-electron chi connectivity index (χ0n) is 18.5. The maximum atomic E-state index is 13.3. The molecule has 1 atom stereocenters. The van der Waals surface area contributed by atoms with Crippen LogP contribution in [0.3, 0.4) is 0 Å². The molecule has 3 aromatic rings. The van der Waals surface area contributed by atoms with Crippen LogP contribution < -0.4 is 0 Å². The van der Waals surface area contributed by atoms with Crippen molar-refractivity contribution in [3.8, 4) is 0 Å². The number of piperazine rings is 1. The van der Waals surface area contributed by atoms with Crippen LogP contribution in [0.5, 0.6) is 0 Å². The number of aryl methyl sites for hydroxylation is 2. The number of nitrogens with zero attached hydrogens (tertiary/aromatic N) is 3. The van der Waals surface area contributed by atoms with Crippen molar-refractivity contribution in [1.29, 1.82) is 0 Å². The van der Waals surface area contributed by atoms with Gasteiger partial charge in [-0.3, -0.25) is 14.7 Å². The van der Waals surface area contributed by atoms with Gasteiger partial charge in [-0.1, -0.05) is 41.4 Å². The standard InChI is InChI=1S/C25H26ClN3O3/c1-16-8-9-22-18(14-16)15-20(17(2)27-22)24(30)29-12-10-28(11-13-29)23(25(31)32-3)19-6-4-5-7-21(19)26/h4-9,14-15,23H,10-13H2,1-3H3/t23-/m1/s1. The number of hydrogen-bond acceptors (Lipinski definition) is 5. The Morgan fingerprint density at radius 3 is 2.44 bits per heavy atom. The van der Waals surface area contributed by atoms with Gasteiger partial charge in [-0.15, -0.1) is 0 Å². The molecule has 0 unspecified atom stereocenters. The van der Waals surface area contributed by atoms with E-state index in [4.69, 9.17) is 16.3 Å². The van der Waals surface area contributed by atoms with Gasteiger partial charge in [0.2, 0.25) is 0 Å². The van der Waals surface area contributed by atoms with E-state index < -0.39 is 6.04 Å². The number of rotatable bonds is 4. The average molecular weight is 452 g/mol. The molecule has 2 aromatic carbocycles. The Balaban J connectivity index is 1.53. The van der Waals surface area contributed by atoms with Gasteiger partial charge in [0.25, 0.3) is 5.91 Å². The second kappa shape index (κ2) is 9.27. The summed E-state index contributed by atoms with van der Waals surface area (Å²) in [5.41, 5.74) is 4.06. The number of pyridine rings is 1. The molecule has 0 bridgehead atoms. The molecule has 6 nitrogen and oxygen atoms in total. The van der Waals surface area contributed by atoms with Crippen molar-refractivity contribution in [2.24, 2.45) is 0 Å². The van der Waals surface area contributed by atoms with E-state index in [1.807, 2.05) is 66.1 Å². The Hall–Kier alpha value is -2.96. The highest BCUT2D eigenvalue weighted by Gasteiger charge is 2.34. The normalized spacial score (nSPS) is 15.6. The molecule has 1 aliphatic heterocycles. The highest BCUT2D eigenvalue weighted by atomic mass is 35.5. The van der Waals surface area contributed by atoms with Crippen LogP contribution in [0, 0.1) is 13.8 Å². The summed E-state index contributed by atoms with van der Waals surface area (Å²) < 4.78 is 5.06. The fourth-order valence-corrected chi connectivity index (χ4v) is 4.48. The first-order chi connectivity index (χ1) is 15.4. The highest BCUT2D eigenvalue weighted by Crippen LogP contribution is 2.30. The molecule has 4 rings (SSSR count). The van der Waals surface area contributed by atoms with Gasteiger partial charge >= 0.3 is 5.97 Å². The topological polar surface area (TPSA) is 62.7 Å². The number of methoxy groups -OCH3 is 1. The lowest BCUT2D eigenvalue weighted by Crippen LogP contribution is -2.51. The quantitative estimate of drug-likeness (QED) is 0.557. The van der Waals surface area contributed by atoms with E-state index in [2.05, 4.69) is 4.98 Å². The molecule has 1 aromatic heterocycles. The summed E-state index contributed by atoms with van der Waals surface area (Å²) in [6, 6.07) is 14.7. The molecule has 32 heavy (non-hydrogen) atoms. The van der Waals surface area contributed by atoms with E-state index in [9.17, 15) is 9.59 Å². The Kier molecular flexibility index (Phi) is 6.44. The monoisotopic (exact) mass is 451 g/mol. The van der Waals surface area contributed by atoms with E-state index in [0.717, 1.165) is 22.2 Å². The molecule has 1 aliphatic rings. The van der Waals surface area contributed by atoms with Crippen molar-refractivity contribution in [2.45, 2.75) is 19.9 Å². The smallest absolute Gasteiger partial charge is 0.327 e. The summed E-state index contributed by atoms with van der Waals surface area (Å²) in [6.45, 7) is 5.97. The third-order valence-electron chi connectivity index (χ3n) is 5.98. The molecule has 0 aliphatic carbocycles. The van der Waals surface area contributed by atoms with Crippen molar-refractivity contribution in [3.63, 3.8) is 0 Å². The number of esters is 1. The van der Waals surface area contributed by atoms with Gasteiger partial charge in [-0.2, -0.15) is 0 Å². The van der Waals surface area contributed by atoms with Crippen molar-refractivity contribution in [3.05, 3.63) is 75.9 Å². The third-order valence-corrected chi connectivity index (χ3v) is 6.33. The van der Waals surface area contributed by atoms with Crippen molar-refractivity contribution >= 4 is 34.4 Å². The van der Waals surface area contributed by atoms with Crippen molar-refractivity contribution in [1.82, 2.24) is 14.8 Å². The molecule has 1 fully saturated rings. The molecule has 0 saturated carbocycles. The second-order valence-corrected chi connectivity index (χ2v) is 8.50. The summed E-state index contributed by atoms with van der Waals surface area (Å²) in [6.07, 6.45) is 0. The SMILES string of the molecule is COC(=O)[C@@H](c1ccccc1Cl)N1CCN(C(=O)c2cc3cc(C)ccc3nc2C)CC1. The first-order valence-electron chi connectivity index (χ1n) is 10.6. The largest absolute Gasteiger partial charge is 0.468 e. The first kappa shape index (κ1) is 22.2. The van der Waals surface area contributed by atoms with Crippen LogP contribution in [0.2, 0.25) is 5.02 Å². The Labute approximate surface area is 192 Å². The predicted molar refractivity (Wildman–Crippen MR) is 125 cm³/mol. The minimum atomic E-state index is -0.599. The Bertz CT molecular complexity index is 1170. The van der Waals surface area contributed by atoms with Gasteiger partial charge in [0.1, 0.15) is 6.04 Å². The van der Waals surface area contributed by atoms with E-state index in [1.165, 1.54) is 7.11 Å². The van der Waals surface area contributed by atoms with Gasteiger partial charge in [-0.25, -0.2) is 4.79 Å². The minimum absolute atomic E-state index is 0.0367. The summed E-state index contributed by atoms with van der Waals surface area (Å²) in [7, 11) is 1.38. The number of halogens is 1. The zero-order chi connectivity index (χ0) is 22.8. The molecule has 0 radical (unpaired) electrons. The summed E-state index contributed by atoms with van der Waals surface area (Å²) in [5, 5.41) is 1.48. The first-order valence-corrected chi connectivity index (χ1v) is 11.0. The van der Waals surface area contributed by atoms with Crippen molar-refractivity contribution in [2.75, 3.05) is 33.3 Å². The number of fused-ring (bicyclic) bond motifs is 1. The molecule has 0 spiro atoms. The van der Waals surface area contributed by atoms with Crippen LogP contribution in [0.15, 0.2) is 48.5 Å². The number of aromatic nitrogens is 1. The number of benzene rings is 2. The Morgan fingerprint density at radius 1 is 1.03 bits per heavy atom. The maximum Gasteiger partial charge on any atom is 0.327 e. The summed E-state index contributed by atoms with van der Waals surface area (Å²) in [4.78, 5) is 34.3. The lowest BCUT2D eigenvalue weighted by atomic mass is 10.0. The van der Waals surface area contributed by atoms with E-state index >= 15 is 0 Å². The zero-order valence-corrected chi connectivity index (χ0v) is 19.2. The fraction of sp³-hybridized carbons (Fsp3) is 0.320. The van der Waals surface area contributed by atoms with Crippen LogP contribution in [-0.2, 0) is 9.53 Å². The van der Waals surface area contributed by atoms with Gasteiger partial charge in [-0.05, 0) is 43.7 Å². The maximum absolute atomic E-state index is 13.3. The Morgan fingerprint density at radius 2 is 1.75 bits per heavy atom. The van der Waals surface area contributed by atoms with Crippen LogP contribution in [0.4, 0.5) is 0 Å². The minimum Gasteiger partial charge on any atom is -0.468 e. The highest BCUT2D eigenvalue weighted by molar-refractivity contribution is 6.31. The van der Waals surface area contributed by atoms with E-state index in [-0.39, 0.29) is 11.9 Å². The van der Waals surface area contributed by atoms with Gasteiger partial charge in [0.15, 0.2) is 0 Å². The van der Waals surface area contributed by atoms with Gasteiger partial charge in [0, 0.05) is 36.6 Å². The molecule has 1 saturated heterocycles. The van der Waals surface area contributed by atoms with Crippen LogP contribution in [0.25, 0.3) is 10.9 Å². The number of hydrogen-bond donors (Lipinski definition) is 0. The molecular weight excluding hydrogens is 426 g/mol. The van der Waals surface area contributed by atoms with E-state index in [0.29, 0.717) is 42.3 Å². The van der Waals surface area contributed by atoms with E-state index in [1.54, 1.807) is 6.07 Å². The summed E-state index contributed by atoms with van der Waals surface area (Å²) >= 11 is 6.37. The predicted octanol–water partition coefficient (Wildman–Crippen LogP) is 4.18. The summed E-state index contributed by atoms with van der Waals surface area (Å²) in [5.74, 6) is -0.395. The molecular formula is C25H26ClN3O3. The van der Waals surface area contributed by atoms with Crippen LogP contribution in [-0.4, -0.2) is 59.9 Å².